The third-order valence-corrected chi connectivity index (χ3v) is 3.40. The molecule has 3 N–H and O–H groups in total. The van der Waals surface area contributed by atoms with Crippen LogP contribution in [-0.4, -0.2) is 15.2 Å². The summed E-state index contributed by atoms with van der Waals surface area (Å²) < 4.78 is 0. The highest BCUT2D eigenvalue weighted by Crippen LogP contribution is 2.58. The van der Waals surface area contributed by atoms with Crippen LogP contribution in [0.2, 0.25) is 0 Å². The van der Waals surface area contributed by atoms with E-state index in [-0.39, 0.29) is 23.6 Å². The Morgan fingerprint density at radius 2 is 1.62 bits per heavy atom. The Morgan fingerprint density at radius 1 is 1.12 bits per heavy atom. The number of H-pyrrole nitrogens is 1. The number of aromatic nitrogens is 1. The van der Waals surface area contributed by atoms with Crippen LogP contribution in [0.25, 0.3) is 0 Å². The number of hydrogen-bond donors (Lipinski definition) is 3. The molecule has 0 amide bonds. The summed E-state index contributed by atoms with van der Waals surface area (Å²) in [6, 6.07) is 0. The van der Waals surface area contributed by atoms with Crippen LogP contribution in [0.1, 0.15) is 36.8 Å². The molecule has 2 bridgehead atoms. The van der Waals surface area contributed by atoms with Crippen molar-refractivity contribution < 1.29 is 10.2 Å². The third-order valence-electron chi connectivity index (χ3n) is 3.40. The summed E-state index contributed by atoms with van der Waals surface area (Å²) in [6.07, 6.45) is 6.44. The molecular formula is C13H15NO2. The van der Waals surface area contributed by atoms with Gasteiger partial charge in [0.25, 0.3) is 0 Å². The maximum Gasteiger partial charge on any atom is 0.195 e. The lowest BCUT2D eigenvalue weighted by Crippen LogP contribution is -1.93. The number of nitrogens with one attached hydrogen (secondary N) is 1. The van der Waals surface area contributed by atoms with Gasteiger partial charge in [0.2, 0.25) is 0 Å². The number of rotatable bonds is 1. The van der Waals surface area contributed by atoms with Crippen molar-refractivity contribution in [2.45, 2.75) is 25.7 Å². The second kappa shape index (κ2) is 2.94. The van der Waals surface area contributed by atoms with Crippen LogP contribution in [0.3, 0.4) is 0 Å². The Hall–Kier alpha value is -1.64. The molecule has 0 radical (unpaired) electrons. The van der Waals surface area contributed by atoms with Crippen molar-refractivity contribution in [1.82, 2.24) is 4.98 Å². The summed E-state index contributed by atoms with van der Waals surface area (Å²) in [7, 11) is 0. The molecule has 16 heavy (non-hydrogen) atoms. The van der Waals surface area contributed by atoms with Gasteiger partial charge in [0, 0.05) is 23.0 Å². The molecule has 3 rings (SSSR count). The highest BCUT2D eigenvalue weighted by atomic mass is 16.3. The summed E-state index contributed by atoms with van der Waals surface area (Å²) in [4.78, 5) is 2.60. The largest absolute Gasteiger partial charge is 0.494 e. The zero-order valence-corrected chi connectivity index (χ0v) is 9.36. The van der Waals surface area contributed by atoms with Crippen molar-refractivity contribution in [2.75, 3.05) is 0 Å². The van der Waals surface area contributed by atoms with Crippen LogP contribution < -0.4 is 0 Å². The minimum atomic E-state index is 0.110. The van der Waals surface area contributed by atoms with Gasteiger partial charge in [-0.3, -0.25) is 4.98 Å². The zero-order valence-electron chi connectivity index (χ0n) is 9.36. The van der Waals surface area contributed by atoms with Gasteiger partial charge in [0.15, 0.2) is 11.8 Å². The molecule has 1 heterocycles. The Morgan fingerprint density at radius 3 is 2.06 bits per heavy atom. The second-order valence-corrected chi connectivity index (χ2v) is 4.90. The van der Waals surface area contributed by atoms with Gasteiger partial charge in [-0.05, 0) is 5.92 Å². The summed E-state index contributed by atoms with van der Waals surface area (Å²) in [5.74, 6) is 1.01. The van der Waals surface area contributed by atoms with Crippen LogP contribution in [-0.2, 0) is 0 Å². The van der Waals surface area contributed by atoms with Gasteiger partial charge in [-0.2, -0.15) is 0 Å². The minimum Gasteiger partial charge on any atom is -0.494 e. The minimum absolute atomic E-state index is 0.110. The fourth-order valence-corrected chi connectivity index (χ4v) is 2.89. The average Bonchev–Trinajstić information content (AvgIpc) is 2.79. The lowest BCUT2D eigenvalue weighted by atomic mass is 9.97. The second-order valence-electron chi connectivity index (χ2n) is 4.90. The normalized spacial score (nSPS) is 25.6. The maximum atomic E-state index is 9.75. The molecular weight excluding hydrogens is 202 g/mol. The molecule has 2 atom stereocenters. The van der Waals surface area contributed by atoms with Crippen molar-refractivity contribution in [3.05, 3.63) is 34.9 Å². The molecule has 0 aromatic carbocycles. The summed E-state index contributed by atoms with van der Waals surface area (Å²) in [5, 5.41) is 19.5. The van der Waals surface area contributed by atoms with Crippen molar-refractivity contribution in [3.63, 3.8) is 0 Å². The maximum absolute atomic E-state index is 9.75. The molecule has 0 saturated carbocycles. The van der Waals surface area contributed by atoms with Gasteiger partial charge in [0.05, 0.1) is 0 Å². The first kappa shape index (κ1) is 9.58. The van der Waals surface area contributed by atoms with E-state index in [1.807, 2.05) is 0 Å². The Bertz CT molecular complexity index is 472. The van der Waals surface area contributed by atoms with Crippen molar-refractivity contribution >= 4 is 0 Å². The Kier molecular flexibility index (Phi) is 1.76. The number of aromatic hydroxyl groups is 2. The van der Waals surface area contributed by atoms with Gasteiger partial charge in [0.1, 0.15) is 0 Å². The number of aromatic amines is 1. The summed E-state index contributed by atoms with van der Waals surface area (Å²) in [6.45, 7) is 4.28. The van der Waals surface area contributed by atoms with Crippen molar-refractivity contribution in [1.29, 1.82) is 0 Å². The smallest absolute Gasteiger partial charge is 0.195 e. The predicted octanol–water partition coefficient (Wildman–Crippen LogP) is 2.76. The number of allylic oxidation sites excluding steroid dienone is 4. The summed E-state index contributed by atoms with van der Waals surface area (Å²) in [5.41, 5.74) is 3.01. The van der Waals surface area contributed by atoms with E-state index in [9.17, 15) is 10.2 Å². The van der Waals surface area contributed by atoms with E-state index in [1.165, 1.54) is 5.57 Å². The fraction of sp³-hybridized carbons (Fsp3) is 0.385. The number of hydrogen-bond acceptors (Lipinski definition) is 2. The topological polar surface area (TPSA) is 56.2 Å². The molecule has 1 aromatic rings. The molecule has 2 aliphatic rings. The molecule has 0 aliphatic heterocycles. The number of fused-ring (bicyclic) bond motifs is 5. The third kappa shape index (κ3) is 1.03. The van der Waals surface area contributed by atoms with Crippen LogP contribution >= 0.6 is 0 Å². The van der Waals surface area contributed by atoms with Crippen LogP contribution in [0.15, 0.2) is 23.8 Å². The highest BCUT2D eigenvalue weighted by molar-refractivity contribution is 5.66. The fourth-order valence-electron chi connectivity index (χ4n) is 2.89. The highest BCUT2D eigenvalue weighted by Gasteiger charge is 2.42. The first-order valence-electron chi connectivity index (χ1n) is 5.63. The summed E-state index contributed by atoms with van der Waals surface area (Å²) >= 11 is 0. The van der Waals surface area contributed by atoms with Gasteiger partial charge in [-0.15, -0.1) is 0 Å². The van der Waals surface area contributed by atoms with E-state index in [0.717, 1.165) is 11.1 Å². The molecule has 3 nitrogen and oxygen atoms in total. The van der Waals surface area contributed by atoms with Crippen molar-refractivity contribution in [2.24, 2.45) is 5.92 Å². The van der Waals surface area contributed by atoms with Crippen LogP contribution in [0, 0.1) is 5.92 Å². The molecule has 1 aromatic heterocycles. The Labute approximate surface area is 94.1 Å². The standard InChI is InChI=1S/C13H15NO2/c1-6(2)5-9-7-3-4-8(9)11-10(7)12(15)14-13(11)16/h3-8,14-16H,1-2H3. The van der Waals surface area contributed by atoms with E-state index >= 15 is 0 Å². The zero-order chi connectivity index (χ0) is 11.4. The van der Waals surface area contributed by atoms with E-state index in [2.05, 4.69) is 37.1 Å². The van der Waals surface area contributed by atoms with Gasteiger partial charge < -0.3 is 10.2 Å². The first-order chi connectivity index (χ1) is 7.59. The van der Waals surface area contributed by atoms with Gasteiger partial charge in [-0.1, -0.05) is 37.6 Å². The van der Waals surface area contributed by atoms with Gasteiger partial charge in [-0.25, -0.2) is 0 Å². The van der Waals surface area contributed by atoms with Crippen LogP contribution in [0.5, 0.6) is 11.8 Å². The lowest BCUT2D eigenvalue weighted by molar-refractivity contribution is 0.420. The predicted molar refractivity (Wildman–Crippen MR) is 61.7 cm³/mol. The van der Waals surface area contributed by atoms with E-state index in [0.29, 0.717) is 5.92 Å². The van der Waals surface area contributed by atoms with Crippen molar-refractivity contribution in [3.8, 4) is 11.8 Å². The Balaban J connectivity index is 2.15. The average molecular weight is 217 g/mol. The van der Waals surface area contributed by atoms with E-state index in [4.69, 9.17) is 0 Å². The van der Waals surface area contributed by atoms with E-state index in [1.54, 1.807) is 0 Å². The molecule has 84 valence electrons. The lowest BCUT2D eigenvalue weighted by Gasteiger charge is -2.08. The molecule has 2 unspecified atom stereocenters. The first-order valence-corrected chi connectivity index (χ1v) is 5.63. The molecule has 0 spiro atoms. The van der Waals surface area contributed by atoms with E-state index < -0.39 is 0 Å². The monoisotopic (exact) mass is 217 g/mol. The quantitative estimate of drug-likeness (QED) is 0.633. The molecule has 0 saturated heterocycles. The molecule has 3 heteroatoms. The van der Waals surface area contributed by atoms with Gasteiger partial charge >= 0.3 is 0 Å². The van der Waals surface area contributed by atoms with Crippen LogP contribution in [0.4, 0.5) is 0 Å². The SMILES string of the molecule is CC(C)C=C1C2C=CC1c1c(O)[nH]c(O)c12. The molecule has 2 aliphatic carbocycles. The molecule has 0 fully saturated rings.